The molecule has 2 heterocycles. The second-order valence-corrected chi connectivity index (χ2v) is 5.35. The molecule has 0 bridgehead atoms. The Morgan fingerprint density at radius 1 is 1.17 bits per heavy atom. The van der Waals surface area contributed by atoms with Crippen molar-refractivity contribution in [1.82, 2.24) is 15.1 Å². The Hall–Kier alpha value is -0.650. The van der Waals surface area contributed by atoms with Crippen molar-refractivity contribution in [1.29, 1.82) is 0 Å². The van der Waals surface area contributed by atoms with Crippen LogP contribution in [0.2, 0.25) is 0 Å². The van der Waals surface area contributed by atoms with E-state index in [0.29, 0.717) is 18.9 Å². The Morgan fingerprint density at radius 2 is 1.94 bits per heavy atom. The topological polar surface area (TPSA) is 55.8 Å². The minimum atomic E-state index is 0.283. The molecule has 5 heteroatoms. The highest BCUT2D eigenvalue weighted by Gasteiger charge is 2.20. The molecule has 0 aliphatic carbocycles. The maximum Gasteiger partial charge on any atom is 0.223 e. The number of hydrogen-bond acceptors (Lipinski definition) is 4. The van der Waals surface area contributed by atoms with E-state index in [2.05, 4.69) is 10.2 Å². The molecule has 104 valence electrons. The summed E-state index contributed by atoms with van der Waals surface area (Å²) in [5.41, 5.74) is 0. The second kappa shape index (κ2) is 7.07. The van der Waals surface area contributed by atoms with Crippen molar-refractivity contribution in [3.63, 3.8) is 0 Å². The fourth-order valence-corrected chi connectivity index (χ4v) is 2.71. The number of aliphatic hydroxyl groups excluding tert-OH is 1. The van der Waals surface area contributed by atoms with Crippen molar-refractivity contribution in [2.45, 2.75) is 19.3 Å². The number of rotatable bonds is 4. The van der Waals surface area contributed by atoms with Gasteiger partial charge in [0.1, 0.15) is 0 Å². The van der Waals surface area contributed by atoms with Gasteiger partial charge in [0, 0.05) is 45.8 Å². The van der Waals surface area contributed by atoms with Gasteiger partial charge in [-0.2, -0.15) is 0 Å². The van der Waals surface area contributed by atoms with Crippen molar-refractivity contribution in [2.75, 3.05) is 52.4 Å². The third-order valence-electron chi connectivity index (χ3n) is 4.08. The van der Waals surface area contributed by atoms with Crippen molar-refractivity contribution in [2.24, 2.45) is 5.92 Å². The number of carbonyl (C=O) groups is 1. The van der Waals surface area contributed by atoms with Crippen LogP contribution in [0.1, 0.15) is 19.3 Å². The van der Waals surface area contributed by atoms with E-state index in [9.17, 15) is 4.79 Å². The van der Waals surface area contributed by atoms with Gasteiger partial charge in [0.15, 0.2) is 0 Å². The molecule has 2 aliphatic rings. The molecule has 0 aromatic carbocycles. The third kappa shape index (κ3) is 3.93. The van der Waals surface area contributed by atoms with Gasteiger partial charge in [-0.1, -0.05) is 0 Å². The predicted molar refractivity (Wildman–Crippen MR) is 70.3 cm³/mol. The van der Waals surface area contributed by atoms with E-state index in [-0.39, 0.29) is 5.91 Å². The highest BCUT2D eigenvalue weighted by atomic mass is 16.3. The summed E-state index contributed by atoms with van der Waals surface area (Å²) in [7, 11) is 0. The standard InChI is InChI=1S/C13H25N3O2/c17-11-12-2-6-15(7-3-12)9-10-16-8-5-14-4-1-13(16)18/h12,14,17H,1-11H2. The van der Waals surface area contributed by atoms with Crippen molar-refractivity contribution in [3.05, 3.63) is 0 Å². The van der Waals surface area contributed by atoms with Crippen molar-refractivity contribution >= 4 is 5.91 Å². The number of likely N-dealkylation sites (tertiary alicyclic amines) is 1. The number of amides is 1. The van der Waals surface area contributed by atoms with Gasteiger partial charge in [0.25, 0.3) is 0 Å². The van der Waals surface area contributed by atoms with Gasteiger partial charge in [-0.15, -0.1) is 0 Å². The first-order chi connectivity index (χ1) is 8.79. The van der Waals surface area contributed by atoms with Gasteiger partial charge in [0.05, 0.1) is 0 Å². The predicted octanol–water partition coefficient (Wildman–Crippen LogP) is -0.487. The molecule has 0 saturated carbocycles. The average Bonchev–Trinajstić information content (AvgIpc) is 2.62. The molecule has 2 aliphatic heterocycles. The maximum absolute atomic E-state index is 11.8. The van der Waals surface area contributed by atoms with Crippen molar-refractivity contribution in [3.8, 4) is 0 Å². The number of nitrogens with one attached hydrogen (secondary N) is 1. The molecule has 0 spiro atoms. The minimum absolute atomic E-state index is 0.283. The summed E-state index contributed by atoms with van der Waals surface area (Å²) in [6.07, 6.45) is 2.81. The molecule has 2 fully saturated rings. The first kappa shape index (κ1) is 13.8. The summed E-state index contributed by atoms with van der Waals surface area (Å²) >= 11 is 0. The zero-order valence-corrected chi connectivity index (χ0v) is 11.1. The SMILES string of the molecule is O=C1CCNCCN1CCN1CCC(CO)CC1. The lowest BCUT2D eigenvalue weighted by Crippen LogP contribution is -2.42. The molecule has 0 unspecified atom stereocenters. The maximum atomic E-state index is 11.8. The van der Waals surface area contributed by atoms with E-state index in [4.69, 9.17) is 5.11 Å². The summed E-state index contributed by atoms with van der Waals surface area (Å²) in [6, 6.07) is 0. The Bertz CT molecular complexity index is 265. The summed E-state index contributed by atoms with van der Waals surface area (Å²) in [6.45, 7) is 6.84. The molecule has 1 amide bonds. The van der Waals surface area contributed by atoms with Gasteiger partial charge in [-0.25, -0.2) is 0 Å². The Balaban J connectivity index is 1.69. The molecule has 0 radical (unpaired) electrons. The van der Waals surface area contributed by atoms with E-state index < -0.39 is 0 Å². The lowest BCUT2D eigenvalue weighted by molar-refractivity contribution is -0.130. The zero-order chi connectivity index (χ0) is 12.8. The monoisotopic (exact) mass is 255 g/mol. The molecule has 2 N–H and O–H groups in total. The van der Waals surface area contributed by atoms with Crippen LogP contribution in [-0.2, 0) is 4.79 Å². The van der Waals surface area contributed by atoms with Gasteiger partial charge in [-0.3, -0.25) is 4.79 Å². The highest BCUT2D eigenvalue weighted by molar-refractivity contribution is 5.76. The van der Waals surface area contributed by atoms with Crippen LogP contribution in [0.15, 0.2) is 0 Å². The van der Waals surface area contributed by atoms with Gasteiger partial charge in [-0.05, 0) is 31.8 Å². The lowest BCUT2D eigenvalue weighted by atomic mass is 9.98. The molecular weight excluding hydrogens is 230 g/mol. The molecule has 0 aromatic rings. The zero-order valence-electron chi connectivity index (χ0n) is 11.1. The Labute approximate surface area is 109 Å². The minimum Gasteiger partial charge on any atom is -0.396 e. The average molecular weight is 255 g/mol. The molecular formula is C13H25N3O2. The van der Waals surface area contributed by atoms with Crippen LogP contribution < -0.4 is 5.32 Å². The molecule has 5 nitrogen and oxygen atoms in total. The van der Waals surface area contributed by atoms with E-state index >= 15 is 0 Å². The number of aliphatic hydroxyl groups is 1. The fraction of sp³-hybridized carbons (Fsp3) is 0.923. The first-order valence-corrected chi connectivity index (χ1v) is 7.11. The summed E-state index contributed by atoms with van der Waals surface area (Å²) < 4.78 is 0. The van der Waals surface area contributed by atoms with E-state index in [1.165, 1.54) is 0 Å². The van der Waals surface area contributed by atoms with E-state index in [1.807, 2.05) is 4.90 Å². The van der Waals surface area contributed by atoms with Crippen LogP contribution in [0.5, 0.6) is 0 Å². The van der Waals surface area contributed by atoms with Gasteiger partial charge in [0.2, 0.25) is 5.91 Å². The van der Waals surface area contributed by atoms with Crippen molar-refractivity contribution < 1.29 is 9.90 Å². The van der Waals surface area contributed by atoms with Crippen LogP contribution in [0.4, 0.5) is 0 Å². The Morgan fingerprint density at radius 3 is 2.67 bits per heavy atom. The van der Waals surface area contributed by atoms with Crippen LogP contribution in [0.3, 0.4) is 0 Å². The summed E-state index contributed by atoms with van der Waals surface area (Å²) in [5.74, 6) is 0.774. The van der Waals surface area contributed by atoms with Crippen LogP contribution in [0.25, 0.3) is 0 Å². The number of hydrogen-bond donors (Lipinski definition) is 2. The normalized spacial score (nSPS) is 24.3. The van der Waals surface area contributed by atoms with Gasteiger partial charge >= 0.3 is 0 Å². The smallest absolute Gasteiger partial charge is 0.223 e. The second-order valence-electron chi connectivity index (χ2n) is 5.35. The third-order valence-corrected chi connectivity index (χ3v) is 4.08. The lowest BCUT2D eigenvalue weighted by Gasteiger charge is -2.32. The molecule has 0 atom stereocenters. The number of nitrogens with zero attached hydrogens (tertiary/aromatic N) is 2. The summed E-state index contributed by atoms with van der Waals surface area (Å²) in [4.78, 5) is 16.2. The fourth-order valence-electron chi connectivity index (χ4n) is 2.71. The van der Waals surface area contributed by atoms with E-state index in [0.717, 1.165) is 58.7 Å². The molecule has 2 saturated heterocycles. The Kier molecular flexibility index (Phi) is 5.41. The first-order valence-electron chi connectivity index (χ1n) is 7.11. The highest BCUT2D eigenvalue weighted by Crippen LogP contribution is 2.16. The largest absolute Gasteiger partial charge is 0.396 e. The van der Waals surface area contributed by atoms with Gasteiger partial charge < -0.3 is 20.2 Å². The van der Waals surface area contributed by atoms with Crippen LogP contribution >= 0.6 is 0 Å². The molecule has 2 rings (SSSR count). The number of carbonyl (C=O) groups excluding carboxylic acids is 1. The van der Waals surface area contributed by atoms with E-state index in [1.54, 1.807) is 0 Å². The molecule has 0 aromatic heterocycles. The quantitative estimate of drug-likeness (QED) is 0.712. The van der Waals surface area contributed by atoms with Crippen LogP contribution in [-0.4, -0.2) is 73.2 Å². The molecule has 18 heavy (non-hydrogen) atoms. The summed E-state index contributed by atoms with van der Waals surface area (Å²) in [5, 5.41) is 12.4. The number of piperidine rings is 1. The van der Waals surface area contributed by atoms with Crippen LogP contribution in [0, 0.1) is 5.92 Å².